The maximum atomic E-state index is 13.6. The molecule has 78 valence electrons. The average molecular weight is 230 g/mol. The summed E-state index contributed by atoms with van der Waals surface area (Å²) in [7, 11) is 0. The predicted octanol–water partition coefficient (Wildman–Crippen LogP) is 2.88. The molecule has 0 radical (unpaired) electrons. The van der Waals surface area contributed by atoms with E-state index in [-0.39, 0.29) is 5.56 Å². The summed E-state index contributed by atoms with van der Waals surface area (Å²) in [5, 5.41) is 17.4. The number of nitrogens with zero attached hydrogens (tertiary/aromatic N) is 1. The Morgan fingerprint density at radius 1 is 1.47 bits per heavy atom. The van der Waals surface area contributed by atoms with Gasteiger partial charge in [-0.1, -0.05) is 11.6 Å². The Morgan fingerprint density at radius 3 is 2.53 bits per heavy atom. The largest absolute Gasteiger partial charge is 0.506 e. The summed E-state index contributed by atoms with van der Waals surface area (Å²) in [6.07, 6.45) is 0.830. The minimum Gasteiger partial charge on any atom is -0.506 e. The molecule has 2 nitrogen and oxygen atoms in total. The van der Waals surface area contributed by atoms with Gasteiger partial charge >= 0.3 is 0 Å². The van der Waals surface area contributed by atoms with Crippen LogP contribution < -0.4 is 0 Å². The van der Waals surface area contributed by atoms with Gasteiger partial charge in [-0.05, 0) is 12.8 Å². The van der Waals surface area contributed by atoms with Gasteiger partial charge in [-0.25, -0.2) is 8.78 Å². The number of hydrogen-bond donors (Lipinski definition) is 1. The molecule has 0 unspecified atom stereocenters. The Labute approximate surface area is 89.7 Å². The number of phenols is 1. The first-order chi connectivity index (χ1) is 7.02. The van der Waals surface area contributed by atoms with Gasteiger partial charge in [0.2, 0.25) is 0 Å². The lowest BCUT2D eigenvalue weighted by atomic mass is 9.96. The monoisotopic (exact) mass is 229 g/mol. The third-order valence-electron chi connectivity index (χ3n) is 2.58. The molecule has 0 bridgehead atoms. The maximum Gasteiger partial charge on any atom is 0.153 e. The standard InChI is InChI=1S/C10H6ClF2NO/c11-8-6(15)3-5(12)7(9(8)13)10(4-14)1-2-10/h3,15H,1-2H2. The van der Waals surface area contributed by atoms with Crippen LogP contribution in [-0.2, 0) is 5.41 Å². The highest BCUT2D eigenvalue weighted by molar-refractivity contribution is 6.32. The van der Waals surface area contributed by atoms with Crippen LogP contribution in [0.15, 0.2) is 6.07 Å². The number of halogens is 3. The third-order valence-corrected chi connectivity index (χ3v) is 2.94. The van der Waals surface area contributed by atoms with Crippen molar-refractivity contribution in [3.63, 3.8) is 0 Å². The molecule has 1 aromatic rings. The van der Waals surface area contributed by atoms with Crippen LogP contribution in [0.5, 0.6) is 5.75 Å². The molecule has 0 amide bonds. The number of benzene rings is 1. The van der Waals surface area contributed by atoms with Crippen LogP contribution in [0.4, 0.5) is 8.78 Å². The highest BCUT2D eigenvalue weighted by atomic mass is 35.5. The number of phenolic OH excluding ortho intramolecular Hbond substituents is 1. The summed E-state index contributed by atoms with van der Waals surface area (Å²) in [6.45, 7) is 0. The molecular weight excluding hydrogens is 224 g/mol. The number of rotatable bonds is 1. The molecule has 0 aromatic heterocycles. The molecule has 1 aliphatic carbocycles. The summed E-state index contributed by atoms with van der Waals surface area (Å²) in [6, 6.07) is 2.61. The Morgan fingerprint density at radius 2 is 2.07 bits per heavy atom. The second-order valence-corrected chi connectivity index (χ2v) is 3.95. The normalized spacial score (nSPS) is 17.2. The second-order valence-electron chi connectivity index (χ2n) is 3.57. The van der Waals surface area contributed by atoms with Crippen molar-refractivity contribution in [2.45, 2.75) is 18.3 Å². The van der Waals surface area contributed by atoms with Crippen molar-refractivity contribution in [3.8, 4) is 11.8 Å². The quantitative estimate of drug-likeness (QED) is 0.753. The SMILES string of the molecule is N#CC1(c2c(F)cc(O)c(Cl)c2F)CC1. The van der Waals surface area contributed by atoms with Crippen LogP contribution in [0.1, 0.15) is 18.4 Å². The van der Waals surface area contributed by atoms with Crippen molar-refractivity contribution >= 4 is 11.6 Å². The minimum atomic E-state index is -1.09. The van der Waals surface area contributed by atoms with Gasteiger partial charge in [0.15, 0.2) is 5.82 Å². The zero-order chi connectivity index (χ0) is 11.2. The Kier molecular flexibility index (Phi) is 2.09. The number of hydrogen-bond acceptors (Lipinski definition) is 2. The van der Waals surface area contributed by atoms with E-state index >= 15 is 0 Å². The molecular formula is C10H6ClF2NO. The van der Waals surface area contributed by atoms with Gasteiger partial charge < -0.3 is 5.11 Å². The predicted molar refractivity (Wildman–Crippen MR) is 49.6 cm³/mol. The molecule has 0 atom stereocenters. The van der Waals surface area contributed by atoms with E-state index in [0.717, 1.165) is 6.07 Å². The second kappa shape index (κ2) is 3.07. The van der Waals surface area contributed by atoms with Crippen LogP contribution in [0.25, 0.3) is 0 Å². The first-order valence-electron chi connectivity index (χ1n) is 4.30. The van der Waals surface area contributed by atoms with Crippen LogP contribution in [0.3, 0.4) is 0 Å². The van der Waals surface area contributed by atoms with Crippen molar-refractivity contribution < 1.29 is 13.9 Å². The van der Waals surface area contributed by atoms with Gasteiger partial charge in [0, 0.05) is 11.6 Å². The number of aromatic hydroxyl groups is 1. The fraction of sp³-hybridized carbons (Fsp3) is 0.300. The van der Waals surface area contributed by atoms with Crippen molar-refractivity contribution in [2.24, 2.45) is 0 Å². The van der Waals surface area contributed by atoms with E-state index in [1.165, 1.54) is 0 Å². The van der Waals surface area contributed by atoms with Crippen LogP contribution in [-0.4, -0.2) is 5.11 Å². The molecule has 15 heavy (non-hydrogen) atoms. The summed E-state index contributed by atoms with van der Waals surface area (Å²) < 4.78 is 27.0. The summed E-state index contributed by atoms with van der Waals surface area (Å²) >= 11 is 5.44. The van der Waals surface area contributed by atoms with Crippen molar-refractivity contribution in [1.82, 2.24) is 0 Å². The maximum absolute atomic E-state index is 13.6. The number of nitriles is 1. The van der Waals surface area contributed by atoms with E-state index in [0.29, 0.717) is 12.8 Å². The van der Waals surface area contributed by atoms with E-state index in [2.05, 4.69) is 0 Å². The lowest BCUT2D eigenvalue weighted by molar-refractivity contribution is 0.455. The zero-order valence-corrected chi connectivity index (χ0v) is 8.28. The average Bonchev–Trinajstić information content (AvgIpc) is 2.96. The van der Waals surface area contributed by atoms with Gasteiger partial charge in [0.1, 0.15) is 16.6 Å². The van der Waals surface area contributed by atoms with Crippen molar-refractivity contribution in [3.05, 3.63) is 28.3 Å². The van der Waals surface area contributed by atoms with E-state index < -0.39 is 27.8 Å². The van der Waals surface area contributed by atoms with Crippen molar-refractivity contribution in [1.29, 1.82) is 5.26 Å². The summed E-state index contributed by atoms with van der Waals surface area (Å²) in [5.41, 5.74) is -1.42. The van der Waals surface area contributed by atoms with Gasteiger partial charge in [-0.3, -0.25) is 0 Å². The molecule has 1 aromatic carbocycles. The van der Waals surface area contributed by atoms with Gasteiger partial charge in [-0.2, -0.15) is 5.26 Å². The first kappa shape index (κ1) is 10.2. The highest BCUT2D eigenvalue weighted by Crippen LogP contribution is 2.51. The molecule has 0 aliphatic heterocycles. The molecule has 5 heteroatoms. The van der Waals surface area contributed by atoms with E-state index in [9.17, 15) is 8.78 Å². The van der Waals surface area contributed by atoms with E-state index in [1.54, 1.807) is 0 Å². The van der Waals surface area contributed by atoms with Crippen LogP contribution >= 0.6 is 11.6 Å². The molecule has 2 rings (SSSR count). The highest BCUT2D eigenvalue weighted by Gasteiger charge is 2.49. The lowest BCUT2D eigenvalue weighted by Gasteiger charge is -2.11. The molecule has 1 fully saturated rings. The van der Waals surface area contributed by atoms with Crippen LogP contribution in [0, 0.1) is 23.0 Å². The molecule has 1 saturated carbocycles. The van der Waals surface area contributed by atoms with Gasteiger partial charge in [-0.15, -0.1) is 0 Å². The molecule has 0 heterocycles. The Hall–Kier alpha value is -1.34. The topological polar surface area (TPSA) is 44.0 Å². The molecule has 1 N–H and O–H groups in total. The summed E-state index contributed by atoms with van der Waals surface area (Å²) in [4.78, 5) is 0. The molecule has 1 aliphatic rings. The lowest BCUT2D eigenvalue weighted by Crippen LogP contribution is -2.09. The summed E-state index contributed by atoms with van der Waals surface area (Å²) in [5.74, 6) is -2.61. The smallest absolute Gasteiger partial charge is 0.153 e. The fourth-order valence-electron chi connectivity index (χ4n) is 1.56. The van der Waals surface area contributed by atoms with Gasteiger partial charge in [0.25, 0.3) is 0 Å². The van der Waals surface area contributed by atoms with Crippen LogP contribution in [0.2, 0.25) is 5.02 Å². The third kappa shape index (κ3) is 1.35. The van der Waals surface area contributed by atoms with E-state index in [4.69, 9.17) is 22.0 Å². The van der Waals surface area contributed by atoms with Crippen molar-refractivity contribution in [2.75, 3.05) is 0 Å². The fourth-order valence-corrected chi connectivity index (χ4v) is 1.71. The molecule has 0 saturated heterocycles. The Bertz CT molecular complexity index is 477. The Balaban J connectivity index is 2.68. The van der Waals surface area contributed by atoms with E-state index in [1.807, 2.05) is 6.07 Å². The first-order valence-corrected chi connectivity index (χ1v) is 4.68. The van der Waals surface area contributed by atoms with Gasteiger partial charge in [0.05, 0.1) is 11.5 Å². The zero-order valence-electron chi connectivity index (χ0n) is 7.52. The molecule has 0 spiro atoms. The minimum absolute atomic E-state index is 0.326.